The zero-order valence-corrected chi connectivity index (χ0v) is 14.1. The van der Waals surface area contributed by atoms with Gasteiger partial charge in [-0.3, -0.25) is 0 Å². The second-order valence-corrected chi connectivity index (χ2v) is 6.83. The molecule has 25 heavy (non-hydrogen) atoms. The molecular formula is C20H22FN3O. The van der Waals surface area contributed by atoms with Gasteiger partial charge in [0.2, 0.25) is 0 Å². The van der Waals surface area contributed by atoms with E-state index in [0.717, 1.165) is 31.6 Å². The van der Waals surface area contributed by atoms with Gasteiger partial charge in [-0.25, -0.2) is 9.18 Å². The first-order valence-electron chi connectivity index (χ1n) is 8.79. The van der Waals surface area contributed by atoms with Gasteiger partial charge < -0.3 is 15.1 Å². The number of hydrogen-bond donors (Lipinski definition) is 1. The van der Waals surface area contributed by atoms with Crippen LogP contribution in [0.25, 0.3) is 0 Å². The first kappa shape index (κ1) is 15.9. The molecule has 0 aromatic heterocycles. The van der Waals surface area contributed by atoms with Crippen LogP contribution < -0.4 is 10.2 Å². The van der Waals surface area contributed by atoms with E-state index in [1.165, 1.54) is 17.7 Å². The Balaban J connectivity index is 1.35. The third kappa shape index (κ3) is 3.31. The molecule has 0 spiro atoms. The fourth-order valence-corrected chi connectivity index (χ4v) is 3.47. The molecule has 0 atom stereocenters. The van der Waals surface area contributed by atoms with Crippen molar-refractivity contribution >= 4 is 11.7 Å². The van der Waals surface area contributed by atoms with Crippen LogP contribution in [0, 0.1) is 5.82 Å². The van der Waals surface area contributed by atoms with Gasteiger partial charge in [0.25, 0.3) is 0 Å². The summed E-state index contributed by atoms with van der Waals surface area (Å²) in [7, 11) is 0. The Bertz CT molecular complexity index is 735. The predicted octanol–water partition coefficient (Wildman–Crippen LogP) is 3.35. The molecule has 5 heteroatoms. The number of benzene rings is 2. The average molecular weight is 339 g/mol. The zero-order valence-electron chi connectivity index (χ0n) is 14.1. The average Bonchev–Trinajstić information content (AvgIpc) is 3.44. The second kappa shape index (κ2) is 6.39. The summed E-state index contributed by atoms with van der Waals surface area (Å²) < 4.78 is 13.0. The van der Waals surface area contributed by atoms with Crippen molar-refractivity contribution in [2.75, 3.05) is 31.1 Å². The molecule has 0 bridgehead atoms. The highest BCUT2D eigenvalue weighted by atomic mass is 19.1. The van der Waals surface area contributed by atoms with E-state index in [1.807, 2.05) is 23.1 Å². The molecule has 1 heterocycles. The number of amides is 2. The van der Waals surface area contributed by atoms with Gasteiger partial charge in [-0.15, -0.1) is 0 Å². The van der Waals surface area contributed by atoms with Crippen LogP contribution in [0.1, 0.15) is 18.4 Å². The summed E-state index contributed by atoms with van der Waals surface area (Å²) in [5.41, 5.74) is 2.02. The first-order valence-corrected chi connectivity index (χ1v) is 8.79. The number of carbonyl (C=O) groups is 1. The van der Waals surface area contributed by atoms with Crippen LogP contribution in [0.3, 0.4) is 0 Å². The third-order valence-corrected chi connectivity index (χ3v) is 5.18. The molecule has 4 nitrogen and oxygen atoms in total. The third-order valence-electron chi connectivity index (χ3n) is 5.18. The van der Waals surface area contributed by atoms with Crippen LogP contribution in [-0.4, -0.2) is 37.1 Å². The number of nitrogens with zero attached hydrogens (tertiary/aromatic N) is 2. The Hall–Kier alpha value is -2.56. The highest BCUT2D eigenvalue weighted by Gasteiger charge is 2.46. The van der Waals surface area contributed by atoms with Gasteiger partial charge in [-0.1, -0.05) is 30.3 Å². The lowest BCUT2D eigenvalue weighted by Gasteiger charge is -2.37. The highest BCUT2D eigenvalue weighted by molar-refractivity contribution is 5.76. The molecule has 1 saturated heterocycles. The Morgan fingerprint density at radius 2 is 1.56 bits per heavy atom. The molecule has 0 unspecified atom stereocenters. The molecule has 1 saturated carbocycles. The van der Waals surface area contributed by atoms with E-state index in [0.29, 0.717) is 13.1 Å². The van der Waals surface area contributed by atoms with Crippen LogP contribution in [0.5, 0.6) is 0 Å². The number of hydrogen-bond acceptors (Lipinski definition) is 2. The van der Waals surface area contributed by atoms with Gasteiger partial charge in [0.05, 0.1) is 5.54 Å². The molecule has 2 aliphatic rings. The number of piperazine rings is 1. The van der Waals surface area contributed by atoms with Crippen LogP contribution >= 0.6 is 0 Å². The number of anilines is 1. The predicted molar refractivity (Wildman–Crippen MR) is 96.1 cm³/mol. The molecule has 1 aliphatic carbocycles. The fraction of sp³-hybridized carbons (Fsp3) is 0.350. The molecule has 1 N–H and O–H groups in total. The molecule has 0 radical (unpaired) electrons. The minimum absolute atomic E-state index is 0.0140. The van der Waals surface area contributed by atoms with Crippen molar-refractivity contribution in [3.05, 3.63) is 66.0 Å². The number of rotatable bonds is 3. The van der Waals surface area contributed by atoms with Crippen molar-refractivity contribution < 1.29 is 9.18 Å². The topological polar surface area (TPSA) is 35.6 Å². The zero-order chi connectivity index (χ0) is 17.3. The van der Waals surface area contributed by atoms with E-state index in [9.17, 15) is 9.18 Å². The van der Waals surface area contributed by atoms with Gasteiger partial charge in [0.15, 0.2) is 0 Å². The summed E-state index contributed by atoms with van der Waals surface area (Å²) in [6.45, 7) is 2.87. The lowest BCUT2D eigenvalue weighted by atomic mass is 10.1. The molecule has 2 aromatic rings. The molecule has 2 fully saturated rings. The number of urea groups is 1. The van der Waals surface area contributed by atoms with E-state index < -0.39 is 0 Å². The number of carbonyl (C=O) groups excluding carboxylic acids is 1. The minimum atomic E-state index is -0.225. The lowest BCUT2D eigenvalue weighted by molar-refractivity contribution is 0.189. The van der Waals surface area contributed by atoms with E-state index in [4.69, 9.17) is 0 Å². The Morgan fingerprint density at radius 1 is 0.920 bits per heavy atom. The largest absolute Gasteiger partial charge is 0.368 e. The maximum atomic E-state index is 13.0. The molecular weight excluding hydrogens is 317 g/mol. The van der Waals surface area contributed by atoms with Crippen molar-refractivity contribution in [1.29, 1.82) is 0 Å². The van der Waals surface area contributed by atoms with E-state index in [1.54, 1.807) is 12.1 Å². The Labute approximate surface area is 147 Å². The summed E-state index contributed by atoms with van der Waals surface area (Å²) in [5, 5.41) is 3.23. The number of halogens is 1. The van der Waals surface area contributed by atoms with Gasteiger partial charge in [-0.2, -0.15) is 0 Å². The summed E-state index contributed by atoms with van der Waals surface area (Å²) in [6.07, 6.45) is 2.00. The van der Waals surface area contributed by atoms with E-state index in [2.05, 4.69) is 22.3 Å². The summed E-state index contributed by atoms with van der Waals surface area (Å²) in [6, 6.07) is 16.7. The number of nitrogens with one attached hydrogen (secondary N) is 1. The van der Waals surface area contributed by atoms with Crippen molar-refractivity contribution in [2.24, 2.45) is 0 Å². The molecule has 130 valence electrons. The molecule has 4 rings (SSSR count). The lowest BCUT2D eigenvalue weighted by Crippen LogP contribution is -2.53. The maximum absolute atomic E-state index is 13.0. The van der Waals surface area contributed by atoms with Crippen LogP contribution in [0.15, 0.2) is 54.6 Å². The monoisotopic (exact) mass is 339 g/mol. The molecule has 1 aliphatic heterocycles. The fourth-order valence-electron chi connectivity index (χ4n) is 3.47. The normalized spacial score (nSPS) is 18.8. The first-order chi connectivity index (χ1) is 12.2. The summed E-state index contributed by atoms with van der Waals surface area (Å²) >= 11 is 0. The van der Waals surface area contributed by atoms with E-state index in [-0.39, 0.29) is 17.4 Å². The summed E-state index contributed by atoms with van der Waals surface area (Å²) in [5.74, 6) is -0.225. The second-order valence-electron chi connectivity index (χ2n) is 6.83. The maximum Gasteiger partial charge on any atom is 0.318 e. The van der Waals surface area contributed by atoms with Gasteiger partial charge >= 0.3 is 6.03 Å². The van der Waals surface area contributed by atoms with Crippen molar-refractivity contribution in [1.82, 2.24) is 10.2 Å². The molecule has 2 amide bonds. The van der Waals surface area contributed by atoms with Gasteiger partial charge in [0, 0.05) is 31.9 Å². The highest BCUT2D eigenvalue weighted by Crippen LogP contribution is 2.45. The summed E-state index contributed by atoms with van der Waals surface area (Å²) in [4.78, 5) is 16.7. The van der Waals surface area contributed by atoms with Crippen molar-refractivity contribution in [2.45, 2.75) is 18.4 Å². The van der Waals surface area contributed by atoms with Crippen molar-refractivity contribution in [3.8, 4) is 0 Å². The smallest absolute Gasteiger partial charge is 0.318 e. The van der Waals surface area contributed by atoms with E-state index >= 15 is 0 Å². The Kier molecular flexibility index (Phi) is 4.07. The quantitative estimate of drug-likeness (QED) is 0.931. The van der Waals surface area contributed by atoms with Crippen LogP contribution in [0.2, 0.25) is 0 Å². The van der Waals surface area contributed by atoms with Gasteiger partial charge in [0.1, 0.15) is 5.82 Å². The standard InChI is InChI=1S/C20H22FN3O/c21-17-6-8-18(9-7-17)23-12-14-24(15-13-23)19(25)22-20(10-11-20)16-4-2-1-3-5-16/h1-9H,10-15H2,(H,22,25). The Morgan fingerprint density at radius 3 is 2.16 bits per heavy atom. The SMILES string of the molecule is O=C(NC1(c2ccccc2)CC1)N1CCN(c2ccc(F)cc2)CC1. The minimum Gasteiger partial charge on any atom is -0.368 e. The van der Waals surface area contributed by atoms with Crippen molar-refractivity contribution in [3.63, 3.8) is 0 Å². The molecule has 2 aromatic carbocycles. The van der Waals surface area contributed by atoms with Crippen LogP contribution in [-0.2, 0) is 5.54 Å². The van der Waals surface area contributed by atoms with Gasteiger partial charge in [-0.05, 0) is 42.7 Å². The van der Waals surface area contributed by atoms with Crippen LogP contribution in [0.4, 0.5) is 14.9 Å².